The molecule has 2 N–H and O–H groups in total. The minimum Gasteiger partial charge on any atom is -0.315 e. The van der Waals surface area contributed by atoms with Gasteiger partial charge in [-0.15, -0.1) is 0 Å². The summed E-state index contributed by atoms with van der Waals surface area (Å²) in [7, 11) is 0. The van der Waals surface area contributed by atoms with Crippen molar-refractivity contribution in [2.24, 2.45) is 0 Å². The molecule has 1 atom stereocenters. The van der Waals surface area contributed by atoms with Crippen LogP contribution in [0, 0.1) is 11.6 Å². The van der Waals surface area contributed by atoms with Gasteiger partial charge in [-0.05, 0) is 19.5 Å². The first-order valence-corrected chi connectivity index (χ1v) is 5.52. The van der Waals surface area contributed by atoms with Crippen LogP contribution in [0.25, 0.3) is 0 Å². The quantitative estimate of drug-likeness (QED) is 0.778. The standard InChI is InChI=1S/C12H18F2N2/c1-3-15-7-9(2)16-8-10-5-4-6-11(13)12(10)14/h4-6,9,15-16H,3,7-8H2,1-2H3. The van der Waals surface area contributed by atoms with Gasteiger partial charge in [-0.1, -0.05) is 19.1 Å². The molecule has 0 aromatic heterocycles. The van der Waals surface area contributed by atoms with Crippen LogP contribution in [-0.4, -0.2) is 19.1 Å². The van der Waals surface area contributed by atoms with Gasteiger partial charge in [-0.3, -0.25) is 0 Å². The van der Waals surface area contributed by atoms with E-state index in [1.54, 1.807) is 6.07 Å². The number of hydrogen-bond donors (Lipinski definition) is 2. The molecule has 1 aromatic carbocycles. The lowest BCUT2D eigenvalue weighted by Gasteiger charge is -2.14. The predicted octanol–water partition coefficient (Wildman–Crippen LogP) is 2.05. The SMILES string of the molecule is CCNCC(C)NCc1cccc(F)c1F. The van der Waals surface area contributed by atoms with Crippen LogP contribution in [0.1, 0.15) is 19.4 Å². The molecule has 2 nitrogen and oxygen atoms in total. The van der Waals surface area contributed by atoms with Crippen LogP contribution in [0.5, 0.6) is 0 Å². The molecule has 90 valence electrons. The molecule has 0 fully saturated rings. The molecule has 0 saturated carbocycles. The van der Waals surface area contributed by atoms with Crippen LogP contribution in [0.3, 0.4) is 0 Å². The Balaban J connectivity index is 2.45. The normalized spacial score (nSPS) is 12.8. The van der Waals surface area contributed by atoms with Gasteiger partial charge in [0, 0.05) is 24.7 Å². The van der Waals surface area contributed by atoms with E-state index in [9.17, 15) is 8.78 Å². The van der Waals surface area contributed by atoms with E-state index in [-0.39, 0.29) is 6.04 Å². The van der Waals surface area contributed by atoms with Crippen LogP contribution < -0.4 is 10.6 Å². The van der Waals surface area contributed by atoms with Crippen molar-refractivity contribution in [1.29, 1.82) is 0 Å². The topological polar surface area (TPSA) is 24.1 Å². The summed E-state index contributed by atoms with van der Waals surface area (Å²) in [5.74, 6) is -1.55. The van der Waals surface area contributed by atoms with Crippen molar-refractivity contribution in [1.82, 2.24) is 10.6 Å². The summed E-state index contributed by atoms with van der Waals surface area (Å²) in [5, 5.41) is 6.31. The smallest absolute Gasteiger partial charge is 0.163 e. The van der Waals surface area contributed by atoms with Crippen molar-refractivity contribution in [2.75, 3.05) is 13.1 Å². The van der Waals surface area contributed by atoms with Gasteiger partial charge in [-0.2, -0.15) is 0 Å². The Bertz CT molecular complexity index is 329. The van der Waals surface area contributed by atoms with Crippen molar-refractivity contribution >= 4 is 0 Å². The van der Waals surface area contributed by atoms with Gasteiger partial charge in [0.05, 0.1) is 0 Å². The van der Waals surface area contributed by atoms with Gasteiger partial charge < -0.3 is 10.6 Å². The van der Waals surface area contributed by atoms with Gasteiger partial charge in [0.2, 0.25) is 0 Å². The maximum absolute atomic E-state index is 13.3. The summed E-state index contributed by atoms with van der Waals surface area (Å²) < 4.78 is 26.2. The fourth-order valence-corrected chi connectivity index (χ4v) is 1.40. The van der Waals surface area contributed by atoms with Crippen LogP contribution in [0.4, 0.5) is 8.78 Å². The first-order chi connectivity index (χ1) is 7.65. The minimum atomic E-state index is -0.793. The molecule has 0 aliphatic rings. The highest BCUT2D eigenvalue weighted by Crippen LogP contribution is 2.10. The minimum absolute atomic E-state index is 0.225. The number of likely N-dealkylation sites (N-methyl/N-ethyl adjacent to an activating group) is 1. The van der Waals surface area contributed by atoms with Crippen LogP contribution in [0.2, 0.25) is 0 Å². The zero-order chi connectivity index (χ0) is 12.0. The molecular formula is C12H18F2N2. The highest BCUT2D eigenvalue weighted by atomic mass is 19.2. The number of hydrogen-bond acceptors (Lipinski definition) is 2. The number of benzene rings is 1. The van der Waals surface area contributed by atoms with E-state index in [0.29, 0.717) is 12.1 Å². The van der Waals surface area contributed by atoms with Crippen LogP contribution in [-0.2, 0) is 6.54 Å². The van der Waals surface area contributed by atoms with Crippen molar-refractivity contribution in [2.45, 2.75) is 26.4 Å². The third kappa shape index (κ3) is 3.87. The Hall–Kier alpha value is -1.00. The third-order valence-electron chi connectivity index (χ3n) is 2.37. The molecule has 0 radical (unpaired) electrons. The van der Waals surface area contributed by atoms with Gasteiger partial charge in [-0.25, -0.2) is 8.78 Å². The molecule has 0 aliphatic heterocycles. The number of nitrogens with one attached hydrogen (secondary N) is 2. The Kier molecular flexibility index (Phi) is 5.35. The van der Waals surface area contributed by atoms with E-state index in [4.69, 9.17) is 0 Å². The summed E-state index contributed by atoms with van der Waals surface area (Å²) in [5.41, 5.74) is 0.364. The maximum Gasteiger partial charge on any atom is 0.163 e. The summed E-state index contributed by atoms with van der Waals surface area (Å²) in [6.45, 7) is 6.09. The van der Waals surface area contributed by atoms with Gasteiger partial charge >= 0.3 is 0 Å². The zero-order valence-corrected chi connectivity index (χ0v) is 9.69. The van der Waals surface area contributed by atoms with Gasteiger partial charge in [0.1, 0.15) is 0 Å². The van der Waals surface area contributed by atoms with E-state index in [0.717, 1.165) is 19.2 Å². The predicted molar refractivity (Wildman–Crippen MR) is 61.2 cm³/mol. The third-order valence-corrected chi connectivity index (χ3v) is 2.37. The van der Waals surface area contributed by atoms with Crippen LogP contribution in [0.15, 0.2) is 18.2 Å². The maximum atomic E-state index is 13.3. The summed E-state index contributed by atoms with van der Waals surface area (Å²) in [6, 6.07) is 4.46. The van der Waals surface area contributed by atoms with Gasteiger partial charge in [0.15, 0.2) is 11.6 Å². The summed E-state index contributed by atoms with van der Waals surface area (Å²) >= 11 is 0. The molecule has 0 bridgehead atoms. The number of rotatable bonds is 6. The van der Waals surface area contributed by atoms with Crippen molar-refractivity contribution < 1.29 is 8.78 Å². The second-order valence-corrected chi connectivity index (χ2v) is 3.80. The van der Waals surface area contributed by atoms with Crippen LogP contribution >= 0.6 is 0 Å². The average molecular weight is 228 g/mol. The monoisotopic (exact) mass is 228 g/mol. The Morgan fingerprint density at radius 2 is 2.06 bits per heavy atom. The molecule has 0 spiro atoms. The summed E-state index contributed by atoms with van der Waals surface area (Å²) in [6.07, 6.45) is 0. The molecule has 4 heteroatoms. The average Bonchev–Trinajstić information content (AvgIpc) is 2.28. The molecule has 1 aromatic rings. The fraction of sp³-hybridized carbons (Fsp3) is 0.500. The zero-order valence-electron chi connectivity index (χ0n) is 9.69. The fourth-order valence-electron chi connectivity index (χ4n) is 1.40. The Morgan fingerprint density at radius 3 is 2.75 bits per heavy atom. The Morgan fingerprint density at radius 1 is 1.31 bits per heavy atom. The molecule has 1 rings (SSSR count). The van der Waals surface area contributed by atoms with E-state index >= 15 is 0 Å². The van der Waals surface area contributed by atoms with E-state index in [2.05, 4.69) is 10.6 Å². The second-order valence-electron chi connectivity index (χ2n) is 3.80. The van der Waals surface area contributed by atoms with Crippen molar-refractivity contribution in [3.63, 3.8) is 0 Å². The molecule has 0 amide bonds. The molecule has 0 aliphatic carbocycles. The highest BCUT2D eigenvalue weighted by Gasteiger charge is 2.08. The van der Waals surface area contributed by atoms with E-state index < -0.39 is 11.6 Å². The highest BCUT2D eigenvalue weighted by molar-refractivity contribution is 5.18. The lowest BCUT2D eigenvalue weighted by molar-refractivity contribution is 0.472. The van der Waals surface area contributed by atoms with Gasteiger partial charge in [0.25, 0.3) is 0 Å². The number of halogens is 2. The lowest BCUT2D eigenvalue weighted by atomic mass is 10.2. The first-order valence-electron chi connectivity index (χ1n) is 5.52. The molecule has 0 heterocycles. The molecule has 0 saturated heterocycles. The van der Waals surface area contributed by atoms with Crippen molar-refractivity contribution in [3.05, 3.63) is 35.4 Å². The van der Waals surface area contributed by atoms with E-state index in [1.807, 2.05) is 13.8 Å². The summed E-state index contributed by atoms with van der Waals surface area (Å²) in [4.78, 5) is 0. The second kappa shape index (κ2) is 6.55. The molecule has 1 unspecified atom stereocenters. The largest absolute Gasteiger partial charge is 0.315 e. The lowest BCUT2D eigenvalue weighted by Crippen LogP contribution is -2.36. The van der Waals surface area contributed by atoms with E-state index in [1.165, 1.54) is 6.07 Å². The van der Waals surface area contributed by atoms with Crippen molar-refractivity contribution in [3.8, 4) is 0 Å². The Labute approximate surface area is 95.1 Å². The molecule has 16 heavy (non-hydrogen) atoms. The molecular weight excluding hydrogens is 210 g/mol. The first kappa shape index (κ1) is 13.1.